The normalized spacial score (nSPS) is 15.9. The predicted octanol–water partition coefficient (Wildman–Crippen LogP) is 2.63. The largest absolute Gasteiger partial charge is 0.487 e. The average Bonchev–Trinajstić information content (AvgIpc) is 2.79. The Labute approximate surface area is 166 Å². The van der Waals surface area contributed by atoms with Crippen molar-refractivity contribution < 1.29 is 28.8 Å². The van der Waals surface area contributed by atoms with Gasteiger partial charge in [0.25, 0.3) is 11.8 Å². The molecule has 0 aromatic heterocycles. The molecule has 0 N–H and O–H groups in total. The van der Waals surface area contributed by atoms with Gasteiger partial charge in [-0.3, -0.25) is 29.4 Å². The Balaban J connectivity index is 1.91. The van der Waals surface area contributed by atoms with Crippen molar-refractivity contribution >= 4 is 23.3 Å². The molecule has 3 rings (SSSR count). The fourth-order valence-corrected chi connectivity index (χ4v) is 2.95. The maximum absolute atomic E-state index is 12.8. The second-order valence-electron chi connectivity index (χ2n) is 6.28. The Morgan fingerprint density at radius 1 is 1.24 bits per heavy atom. The van der Waals surface area contributed by atoms with Gasteiger partial charge in [-0.2, -0.15) is 0 Å². The molecule has 0 spiro atoms. The Bertz CT molecular complexity index is 1000. The lowest BCUT2D eigenvalue weighted by Gasteiger charge is -2.19. The molecule has 0 saturated heterocycles. The summed E-state index contributed by atoms with van der Waals surface area (Å²) >= 11 is 0. The van der Waals surface area contributed by atoms with E-state index in [0.717, 1.165) is 11.0 Å². The molecule has 0 unspecified atom stereocenters. The molecular weight excluding hydrogens is 380 g/mol. The molecule has 9 heteroatoms. The van der Waals surface area contributed by atoms with Crippen molar-refractivity contribution in [3.05, 3.63) is 63.7 Å². The van der Waals surface area contributed by atoms with Crippen LogP contribution in [0.25, 0.3) is 0 Å². The van der Waals surface area contributed by atoms with Gasteiger partial charge in [-0.25, -0.2) is 0 Å². The third-order valence-electron chi connectivity index (χ3n) is 4.36. The van der Waals surface area contributed by atoms with Crippen LogP contribution in [0.15, 0.2) is 42.5 Å². The van der Waals surface area contributed by atoms with Crippen molar-refractivity contribution in [3.63, 3.8) is 0 Å². The van der Waals surface area contributed by atoms with Gasteiger partial charge in [0.2, 0.25) is 0 Å². The fraction of sp³-hybridized carbons (Fsp3) is 0.250. The number of nitro benzene ring substituents is 1. The molecule has 0 saturated carbocycles. The predicted molar refractivity (Wildman–Crippen MR) is 101 cm³/mol. The first kappa shape index (κ1) is 20.0. The van der Waals surface area contributed by atoms with Gasteiger partial charge in [-0.05, 0) is 38.1 Å². The number of carbonyl (C=O) groups excluding carboxylic acids is 3. The Hall–Kier alpha value is -3.75. The van der Waals surface area contributed by atoms with Crippen LogP contribution in [0.2, 0.25) is 0 Å². The van der Waals surface area contributed by atoms with Gasteiger partial charge < -0.3 is 9.47 Å². The van der Waals surface area contributed by atoms with E-state index in [4.69, 9.17) is 9.47 Å². The molecule has 1 atom stereocenters. The first-order valence-electron chi connectivity index (χ1n) is 8.89. The quantitative estimate of drug-likeness (QED) is 0.318. The summed E-state index contributed by atoms with van der Waals surface area (Å²) in [6.45, 7) is 2.82. The van der Waals surface area contributed by atoms with Crippen LogP contribution in [-0.2, 0) is 4.79 Å². The number of para-hydroxylation sites is 1. The molecule has 1 heterocycles. The van der Waals surface area contributed by atoms with Gasteiger partial charge >= 0.3 is 5.69 Å². The highest BCUT2D eigenvalue weighted by Crippen LogP contribution is 2.29. The number of Topliss-reactive ketones (excluding diaryl/α,β-unsaturated/α-hetero) is 1. The van der Waals surface area contributed by atoms with E-state index in [2.05, 4.69) is 0 Å². The Kier molecular flexibility index (Phi) is 5.58. The minimum Gasteiger partial charge on any atom is -0.487 e. The zero-order valence-corrected chi connectivity index (χ0v) is 15.8. The van der Waals surface area contributed by atoms with Crippen molar-refractivity contribution in [2.24, 2.45) is 0 Å². The van der Waals surface area contributed by atoms with Crippen molar-refractivity contribution in [2.75, 3.05) is 13.2 Å². The SMILES string of the molecule is CCOc1ccc(C(=O)CN2C(=O)c3ccccc3O[C@@H](C)C2=O)cc1[N+](=O)[O-]. The number of carbonyl (C=O) groups is 3. The molecule has 0 fully saturated rings. The number of ether oxygens (including phenoxy) is 2. The van der Waals surface area contributed by atoms with E-state index in [1.165, 1.54) is 25.1 Å². The Morgan fingerprint density at radius 3 is 2.66 bits per heavy atom. The number of benzene rings is 2. The van der Waals surface area contributed by atoms with Crippen LogP contribution in [0.5, 0.6) is 11.5 Å². The lowest BCUT2D eigenvalue weighted by atomic mass is 10.1. The van der Waals surface area contributed by atoms with Gasteiger partial charge in [-0.15, -0.1) is 0 Å². The number of hydrogen-bond acceptors (Lipinski definition) is 7. The average molecular weight is 398 g/mol. The van der Waals surface area contributed by atoms with Crippen molar-refractivity contribution in [3.8, 4) is 11.5 Å². The minimum absolute atomic E-state index is 0.00754. The highest BCUT2D eigenvalue weighted by Gasteiger charge is 2.35. The maximum atomic E-state index is 12.8. The summed E-state index contributed by atoms with van der Waals surface area (Å²) in [5.41, 5.74) is -0.212. The summed E-state index contributed by atoms with van der Waals surface area (Å²) < 4.78 is 10.7. The van der Waals surface area contributed by atoms with Gasteiger partial charge in [0.1, 0.15) is 5.75 Å². The van der Waals surface area contributed by atoms with Crippen LogP contribution < -0.4 is 9.47 Å². The van der Waals surface area contributed by atoms with Gasteiger partial charge in [0, 0.05) is 11.6 Å². The smallest absolute Gasteiger partial charge is 0.311 e. The van der Waals surface area contributed by atoms with Gasteiger partial charge in [0.15, 0.2) is 17.6 Å². The third-order valence-corrected chi connectivity index (χ3v) is 4.36. The molecule has 29 heavy (non-hydrogen) atoms. The fourth-order valence-electron chi connectivity index (χ4n) is 2.95. The van der Waals surface area contributed by atoms with Crippen LogP contribution in [0.4, 0.5) is 5.69 Å². The molecule has 150 valence electrons. The number of rotatable bonds is 6. The molecule has 2 aromatic carbocycles. The number of nitrogens with zero attached hydrogens (tertiary/aromatic N) is 2. The standard InChI is InChI=1S/C20H18N2O7/c1-3-28-18-9-8-13(10-15(18)22(26)27)16(23)11-21-19(24)12(2)29-17-7-5-4-6-14(17)20(21)25/h4-10,12H,3,11H2,1-2H3/t12-/m0/s1. The molecule has 0 bridgehead atoms. The topological polar surface area (TPSA) is 116 Å². The molecule has 1 aliphatic rings. The van der Waals surface area contributed by atoms with E-state index in [-0.39, 0.29) is 34.9 Å². The Morgan fingerprint density at radius 2 is 1.97 bits per heavy atom. The molecular formula is C20H18N2O7. The monoisotopic (exact) mass is 398 g/mol. The maximum Gasteiger partial charge on any atom is 0.311 e. The second-order valence-corrected chi connectivity index (χ2v) is 6.28. The van der Waals surface area contributed by atoms with Crippen LogP contribution in [0.1, 0.15) is 34.6 Å². The van der Waals surface area contributed by atoms with E-state index in [9.17, 15) is 24.5 Å². The number of amides is 2. The van der Waals surface area contributed by atoms with Crippen molar-refractivity contribution in [1.29, 1.82) is 0 Å². The lowest BCUT2D eigenvalue weighted by molar-refractivity contribution is -0.385. The zero-order chi connectivity index (χ0) is 21.1. The van der Waals surface area contributed by atoms with Gasteiger partial charge in [-0.1, -0.05) is 12.1 Å². The number of fused-ring (bicyclic) bond motifs is 1. The van der Waals surface area contributed by atoms with Crippen LogP contribution >= 0.6 is 0 Å². The van der Waals surface area contributed by atoms with E-state index in [0.29, 0.717) is 0 Å². The molecule has 0 aliphatic carbocycles. The van der Waals surface area contributed by atoms with E-state index in [1.54, 1.807) is 25.1 Å². The van der Waals surface area contributed by atoms with Crippen LogP contribution in [-0.4, -0.2) is 46.7 Å². The second kappa shape index (κ2) is 8.09. The summed E-state index contributed by atoms with van der Waals surface area (Å²) in [4.78, 5) is 49.6. The molecule has 9 nitrogen and oxygen atoms in total. The van der Waals surface area contributed by atoms with Crippen molar-refractivity contribution in [1.82, 2.24) is 4.90 Å². The first-order chi connectivity index (χ1) is 13.8. The molecule has 0 radical (unpaired) electrons. The molecule has 1 aliphatic heterocycles. The minimum atomic E-state index is -0.968. The van der Waals surface area contributed by atoms with E-state index >= 15 is 0 Å². The molecule has 2 aromatic rings. The van der Waals surface area contributed by atoms with E-state index in [1.807, 2.05) is 0 Å². The first-order valence-corrected chi connectivity index (χ1v) is 8.89. The summed E-state index contributed by atoms with van der Waals surface area (Å²) in [6.07, 6.45) is -0.968. The highest BCUT2D eigenvalue weighted by atomic mass is 16.6. The summed E-state index contributed by atoms with van der Waals surface area (Å²) in [6, 6.07) is 10.1. The van der Waals surface area contributed by atoms with Crippen LogP contribution in [0, 0.1) is 10.1 Å². The number of imide groups is 1. The summed E-state index contributed by atoms with van der Waals surface area (Å²) in [7, 11) is 0. The summed E-state index contributed by atoms with van der Waals surface area (Å²) in [5, 5.41) is 11.3. The summed E-state index contributed by atoms with van der Waals surface area (Å²) in [5.74, 6) is -1.66. The lowest BCUT2D eigenvalue weighted by Crippen LogP contribution is -2.44. The van der Waals surface area contributed by atoms with Crippen molar-refractivity contribution in [2.45, 2.75) is 20.0 Å². The van der Waals surface area contributed by atoms with Crippen LogP contribution in [0.3, 0.4) is 0 Å². The number of hydrogen-bond donors (Lipinski definition) is 0. The number of ketones is 1. The molecule has 2 amide bonds. The number of nitro groups is 1. The third kappa shape index (κ3) is 3.93. The zero-order valence-electron chi connectivity index (χ0n) is 15.8. The highest BCUT2D eigenvalue weighted by molar-refractivity contribution is 6.12. The van der Waals surface area contributed by atoms with Gasteiger partial charge in [0.05, 0.1) is 23.6 Å². The van der Waals surface area contributed by atoms with E-state index < -0.39 is 35.2 Å².